The van der Waals surface area contributed by atoms with Crippen LogP contribution in [0, 0.1) is 20.0 Å². The largest absolute Gasteiger partial charge is 0.454 e. The predicted molar refractivity (Wildman–Crippen MR) is 136 cm³/mol. The molecule has 32 heavy (non-hydrogen) atoms. The molecule has 3 aromatic carbocycles. The van der Waals surface area contributed by atoms with Gasteiger partial charge in [-0.2, -0.15) is 0 Å². The van der Waals surface area contributed by atoms with E-state index < -0.39 is 0 Å². The van der Waals surface area contributed by atoms with Gasteiger partial charge in [-0.05, 0) is 48.4 Å². The molecule has 3 nitrogen and oxygen atoms in total. The number of nitrogens with zero attached hydrogens (tertiary/aromatic N) is 2. The van der Waals surface area contributed by atoms with Gasteiger partial charge in [-0.3, -0.25) is 0 Å². The fourth-order valence-electron chi connectivity index (χ4n) is 5.12. The minimum atomic E-state index is 0.450. The molecule has 0 aliphatic carbocycles. The Morgan fingerprint density at radius 3 is 2.03 bits per heavy atom. The average Bonchev–Trinajstić information content (AvgIpc) is 3.33. The Labute approximate surface area is 191 Å². The highest BCUT2D eigenvalue weighted by Gasteiger charge is 2.35. The zero-order valence-electron chi connectivity index (χ0n) is 19.8. The van der Waals surface area contributed by atoms with Gasteiger partial charge in [-0.25, -0.2) is 0 Å². The van der Waals surface area contributed by atoms with Crippen molar-refractivity contribution in [2.24, 2.45) is 0 Å². The van der Waals surface area contributed by atoms with Crippen molar-refractivity contribution in [3.05, 3.63) is 84.4 Å². The maximum atomic E-state index is 6.39. The van der Waals surface area contributed by atoms with Gasteiger partial charge in [0, 0.05) is 29.5 Å². The van der Waals surface area contributed by atoms with Crippen molar-refractivity contribution in [3.63, 3.8) is 0 Å². The maximum absolute atomic E-state index is 6.39. The zero-order chi connectivity index (χ0) is 22.6. The molecule has 0 atom stereocenters. The molecule has 0 N–H and O–H groups in total. The van der Waals surface area contributed by atoms with Crippen LogP contribution >= 0.6 is 0 Å². The van der Waals surface area contributed by atoms with Crippen molar-refractivity contribution in [3.8, 4) is 0 Å². The molecule has 1 fully saturated rings. The number of anilines is 2. The van der Waals surface area contributed by atoms with Crippen molar-refractivity contribution in [1.29, 1.82) is 0 Å². The van der Waals surface area contributed by atoms with E-state index >= 15 is 0 Å². The van der Waals surface area contributed by atoms with Gasteiger partial charge in [-0.1, -0.05) is 76.2 Å². The van der Waals surface area contributed by atoms with E-state index in [9.17, 15) is 0 Å². The first-order valence-electron chi connectivity index (χ1n) is 11.7. The summed E-state index contributed by atoms with van der Waals surface area (Å²) >= 11 is 0. The van der Waals surface area contributed by atoms with Gasteiger partial charge >= 0.3 is 0 Å². The van der Waals surface area contributed by atoms with E-state index in [2.05, 4.69) is 93.8 Å². The van der Waals surface area contributed by atoms with E-state index in [1.54, 1.807) is 0 Å². The number of hydrogen-bond acceptors (Lipinski definition) is 3. The lowest BCUT2D eigenvalue weighted by atomic mass is 9.92. The number of rotatable bonds is 4. The quantitative estimate of drug-likeness (QED) is 0.333. The molecule has 0 unspecified atom stereocenters. The lowest BCUT2D eigenvalue weighted by Crippen LogP contribution is -2.30. The molecule has 4 aromatic rings. The molecule has 3 heteroatoms. The summed E-state index contributed by atoms with van der Waals surface area (Å²) in [6, 6.07) is 19.4. The van der Waals surface area contributed by atoms with Gasteiger partial charge in [0.05, 0.1) is 5.69 Å². The van der Waals surface area contributed by atoms with Crippen LogP contribution in [0.2, 0.25) is 0 Å². The number of hydrogen-bond donors (Lipinski definition) is 0. The molecule has 1 saturated heterocycles. The maximum Gasteiger partial charge on any atom is 0.159 e. The molecule has 0 saturated carbocycles. The SMILES string of the molecule is [CH2][C]1N(c2c(C(C)C)cccc2C(C)C)CCN1c1c(C)ccc2c1oc1ccccc12. The van der Waals surface area contributed by atoms with Crippen molar-refractivity contribution in [1.82, 2.24) is 0 Å². The first-order valence-corrected chi connectivity index (χ1v) is 11.7. The van der Waals surface area contributed by atoms with Gasteiger partial charge in [0.15, 0.2) is 11.7 Å². The Morgan fingerprint density at radius 2 is 1.38 bits per heavy atom. The fourth-order valence-corrected chi connectivity index (χ4v) is 5.12. The molecule has 2 heterocycles. The second-order valence-corrected chi connectivity index (χ2v) is 9.52. The van der Waals surface area contributed by atoms with Gasteiger partial charge in [0.25, 0.3) is 0 Å². The Balaban J connectivity index is 1.63. The summed E-state index contributed by atoms with van der Waals surface area (Å²) in [6.45, 7) is 17.7. The highest BCUT2D eigenvalue weighted by atomic mass is 16.3. The number of furan rings is 1. The summed E-state index contributed by atoms with van der Waals surface area (Å²) in [5.41, 5.74) is 8.34. The van der Waals surface area contributed by atoms with E-state index in [-0.39, 0.29) is 0 Å². The predicted octanol–water partition coefficient (Wildman–Crippen LogP) is 7.79. The molecule has 1 aliphatic heterocycles. The minimum absolute atomic E-state index is 0.450. The number of aryl methyl sites for hydroxylation is 1. The summed E-state index contributed by atoms with van der Waals surface area (Å²) < 4.78 is 6.39. The topological polar surface area (TPSA) is 19.6 Å². The standard InChI is InChI=1S/C29H32N2O/c1-18(2)22-11-9-12-23(19(3)4)28(22)31-17-16-30(21(31)6)27-20(5)14-15-25-24-10-7-8-13-26(24)32-29(25)27/h7-15,18-19H,6,16-17H2,1-5H3. The number of para-hydroxylation sites is 2. The van der Waals surface area contributed by atoms with Crippen molar-refractivity contribution in [2.75, 3.05) is 22.9 Å². The third-order valence-electron chi connectivity index (χ3n) is 6.78. The van der Waals surface area contributed by atoms with Crippen LogP contribution in [0.5, 0.6) is 0 Å². The zero-order valence-corrected chi connectivity index (χ0v) is 19.8. The normalized spacial score (nSPS) is 15.2. The molecule has 2 radical (unpaired) electrons. The first-order chi connectivity index (χ1) is 15.4. The van der Waals surface area contributed by atoms with Crippen LogP contribution in [-0.4, -0.2) is 13.1 Å². The minimum Gasteiger partial charge on any atom is -0.454 e. The fraction of sp³-hybridized carbons (Fsp3) is 0.310. The first kappa shape index (κ1) is 20.9. The molecule has 1 aromatic heterocycles. The highest BCUT2D eigenvalue weighted by Crippen LogP contribution is 2.44. The molecule has 1 aliphatic rings. The van der Waals surface area contributed by atoms with Crippen LogP contribution in [0.15, 0.2) is 59.0 Å². The molecule has 5 rings (SSSR count). The third-order valence-corrected chi connectivity index (χ3v) is 6.78. The molecule has 0 bridgehead atoms. The summed E-state index contributed by atoms with van der Waals surface area (Å²) in [5, 5.41) is 2.33. The molecule has 164 valence electrons. The van der Waals surface area contributed by atoms with E-state index in [4.69, 9.17) is 4.42 Å². The van der Waals surface area contributed by atoms with Crippen LogP contribution < -0.4 is 9.80 Å². The molecular weight excluding hydrogens is 392 g/mol. The highest BCUT2D eigenvalue weighted by molar-refractivity contribution is 6.09. The Bertz CT molecular complexity index is 1260. The smallest absolute Gasteiger partial charge is 0.159 e. The Hall–Kier alpha value is -2.94. The van der Waals surface area contributed by atoms with E-state index in [1.165, 1.54) is 22.4 Å². The van der Waals surface area contributed by atoms with Crippen LogP contribution in [0.25, 0.3) is 21.9 Å². The van der Waals surface area contributed by atoms with Crippen LogP contribution in [-0.2, 0) is 0 Å². The summed E-state index contributed by atoms with van der Waals surface area (Å²) in [5.74, 6) is 0.900. The van der Waals surface area contributed by atoms with E-state index in [0.29, 0.717) is 11.8 Å². The van der Waals surface area contributed by atoms with Gasteiger partial charge in [0.2, 0.25) is 0 Å². The lowest BCUT2D eigenvalue weighted by Gasteiger charge is -2.33. The van der Waals surface area contributed by atoms with E-state index in [0.717, 1.165) is 46.9 Å². The van der Waals surface area contributed by atoms with Crippen LogP contribution in [0.3, 0.4) is 0 Å². The van der Waals surface area contributed by atoms with Gasteiger partial charge < -0.3 is 14.2 Å². The number of fused-ring (bicyclic) bond motifs is 3. The summed E-state index contributed by atoms with van der Waals surface area (Å²) in [6.07, 6.45) is 1.02. The van der Waals surface area contributed by atoms with Gasteiger partial charge in [-0.15, -0.1) is 0 Å². The van der Waals surface area contributed by atoms with Crippen molar-refractivity contribution >= 4 is 33.3 Å². The summed E-state index contributed by atoms with van der Waals surface area (Å²) in [7, 11) is 0. The average molecular weight is 425 g/mol. The Morgan fingerprint density at radius 1 is 0.750 bits per heavy atom. The second kappa shape index (κ2) is 7.88. The second-order valence-electron chi connectivity index (χ2n) is 9.52. The number of benzene rings is 3. The molecule has 0 amide bonds. The monoisotopic (exact) mass is 424 g/mol. The van der Waals surface area contributed by atoms with Crippen molar-refractivity contribution < 1.29 is 4.42 Å². The van der Waals surface area contributed by atoms with Crippen LogP contribution in [0.4, 0.5) is 11.4 Å². The van der Waals surface area contributed by atoms with Crippen LogP contribution in [0.1, 0.15) is 56.2 Å². The van der Waals surface area contributed by atoms with Crippen molar-refractivity contribution in [2.45, 2.75) is 46.5 Å². The summed E-state index contributed by atoms with van der Waals surface area (Å²) in [4.78, 5) is 4.77. The third kappa shape index (κ3) is 3.18. The van der Waals surface area contributed by atoms with Gasteiger partial charge in [0.1, 0.15) is 5.58 Å². The molecular formula is C29H32N2O. The molecule has 0 spiro atoms. The Kier molecular flexibility index (Phi) is 5.16. The lowest BCUT2D eigenvalue weighted by molar-refractivity contribution is 0.666. The van der Waals surface area contributed by atoms with E-state index in [1.807, 2.05) is 12.1 Å².